The summed E-state index contributed by atoms with van der Waals surface area (Å²) in [6, 6.07) is 2.69. The van der Waals surface area contributed by atoms with Gasteiger partial charge in [0.1, 0.15) is 0 Å². The SMILES string of the molecule is CN1CCN(S(=O)(=O)c2ccc(N)c(C(F)(F)F)c2)CC1.O=S(=O)(O)Cl. The van der Waals surface area contributed by atoms with Gasteiger partial charge in [0.2, 0.25) is 10.0 Å². The van der Waals surface area contributed by atoms with Crippen LogP contribution in [0.2, 0.25) is 0 Å². The molecule has 0 unspecified atom stereocenters. The van der Waals surface area contributed by atoms with Crippen molar-refractivity contribution in [2.75, 3.05) is 39.0 Å². The van der Waals surface area contributed by atoms with Crippen LogP contribution in [0.1, 0.15) is 5.56 Å². The maximum atomic E-state index is 12.8. The van der Waals surface area contributed by atoms with Gasteiger partial charge in [0, 0.05) is 42.5 Å². The van der Waals surface area contributed by atoms with E-state index in [1.54, 1.807) is 0 Å². The molecule has 1 aliphatic heterocycles. The lowest BCUT2D eigenvalue weighted by Crippen LogP contribution is -2.47. The maximum Gasteiger partial charge on any atom is 0.418 e. The van der Waals surface area contributed by atoms with Crippen LogP contribution in [0.5, 0.6) is 0 Å². The molecule has 1 aromatic carbocycles. The molecule has 8 nitrogen and oxygen atoms in total. The molecule has 150 valence electrons. The van der Waals surface area contributed by atoms with Gasteiger partial charge in [-0.1, -0.05) is 0 Å². The maximum absolute atomic E-state index is 12.8. The standard InChI is InChI=1S/C12H16F3N3O2S.ClHO3S/c1-17-4-6-18(7-5-17)21(19,20)9-2-3-11(16)10(8-9)12(13,14)15;1-5(2,3)4/h2-3,8H,4-7,16H2,1H3;(H,2,3,4). The van der Waals surface area contributed by atoms with Gasteiger partial charge in [-0.2, -0.15) is 25.9 Å². The molecule has 0 aromatic heterocycles. The minimum absolute atomic E-state index is 0.255. The summed E-state index contributed by atoms with van der Waals surface area (Å²) in [7, 11) is -2.21. The van der Waals surface area contributed by atoms with Crippen LogP contribution in [0.25, 0.3) is 0 Å². The normalized spacial score (nSPS) is 17.5. The summed E-state index contributed by atoms with van der Waals surface area (Å²) in [5, 5.41) is 0. The smallest absolute Gasteiger partial charge is 0.398 e. The van der Waals surface area contributed by atoms with Crippen molar-refractivity contribution >= 4 is 35.7 Å². The number of nitrogen functional groups attached to an aromatic ring is 1. The monoisotopic (exact) mass is 439 g/mol. The van der Waals surface area contributed by atoms with Crippen molar-refractivity contribution in [3.63, 3.8) is 0 Å². The molecule has 1 aliphatic rings. The fourth-order valence-electron chi connectivity index (χ4n) is 2.12. The first-order valence-corrected chi connectivity index (χ1v) is 10.7. The second-order valence-corrected chi connectivity index (χ2v) is 9.30. The Bertz CT molecular complexity index is 830. The topological polar surface area (TPSA) is 121 Å². The number of hydrogen-bond acceptors (Lipinski definition) is 6. The lowest BCUT2D eigenvalue weighted by atomic mass is 10.2. The number of piperazine rings is 1. The Morgan fingerprint density at radius 3 is 2.00 bits per heavy atom. The first-order valence-electron chi connectivity index (χ1n) is 6.95. The molecule has 0 bridgehead atoms. The third-order valence-corrected chi connectivity index (χ3v) is 5.32. The first kappa shape index (κ1) is 22.9. The zero-order valence-corrected chi connectivity index (χ0v) is 15.8. The molecule has 1 aromatic rings. The van der Waals surface area contributed by atoms with Gasteiger partial charge in [-0.05, 0) is 25.2 Å². The van der Waals surface area contributed by atoms with Crippen LogP contribution < -0.4 is 5.73 Å². The highest BCUT2D eigenvalue weighted by Gasteiger charge is 2.35. The predicted molar refractivity (Wildman–Crippen MR) is 89.5 cm³/mol. The summed E-state index contributed by atoms with van der Waals surface area (Å²) in [4.78, 5) is 1.57. The van der Waals surface area contributed by atoms with E-state index < -0.39 is 36.8 Å². The molecule has 0 atom stereocenters. The van der Waals surface area contributed by atoms with Crippen LogP contribution in [-0.2, 0) is 25.5 Å². The Kier molecular flexibility index (Phi) is 7.29. The second kappa shape index (κ2) is 8.27. The zero-order chi connectivity index (χ0) is 20.3. The van der Waals surface area contributed by atoms with Crippen molar-refractivity contribution in [1.82, 2.24) is 9.21 Å². The average Bonchev–Trinajstić information content (AvgIpc) is 2.45. The van der Waals surface area contributed by atoms with Gasteiger partial charge in [-0.15, -0.1) is 0 Å². The van der Waals surface area contributed by atoms with Crippen LogP contribution in [0.4, 0.5) is 18.9 Å². The number of nitrogens with two attached hydrogens (primary N) is 1. The van der Waals surface area contributed by atoms with E-state index >= 15 is 0 Å². The van der Waals surface area contributed by atoms with E-state index in [2.05, 4.69) is 10.7 Å². The molecule has 0 aliphatic carbocycles. The first-order chi connectivity index (χ1) is 11.6. The third-order valence-electron chi connectivity index (χ3n) is 3.43. The van der Waals surface area contributed by atoms with E-state index in [9.17, 15) is 21.6 Å². The molecule has 26 heavy (non-hydrogen) atoms. The minimum Gasteiger partial charge on any atom is -0.398 e. The molecule has 0 amide bonds. The second-order valence-electron chi connectivity index (χ2n) is 5.37. The van der Waals surface area contributed by atoms with Gasteiger partial charge in [0.15, 0.2) is 0 Å². The van der Waals surface area contributed by atoms with E-state index in [0.29, 0.717) is 19.2 Å². The number of sulfonamides is 1. The molecule has 3 N–H and O–H groups in total. The molecule has 1 fully saturated rings. The molecule has 0 radical (unpaired) electrons. The summed E-state index contributed by atoms with van der Waals surface area (Å²) in [5.41, 5.74) is 3.67. The number of halogens is 4. The van der Waals surface area contributed by atoms with Crippen LogP contribution in [0.3, 0.4) is 0 Å². The molecule has 2 rings (SSSR count). The van der Waals surface area contributed by atoms with Crippen molar-refractivity contribution < 1.29 is 34.6 Å². The number of nitrogens with zero attached hydrogens (tertiary/aromatic N) is 2. The molecule has 0 saturated carbocycles. The number of benzene rings is 1. The average molecular weight is 440 g/mol. The number of anilines is 1. The third kappa shape index (κ3) is 6.89. The van der Waals surface area contributed by atoms with E-state index in [1.807, 2.05) is 11.9 Å². The van der Waals surface area contributed by atoms with Gasteiger partial charge in [-0.25, -0.2) is 8.42 Å². The minimum atomic E-state index is -4.68. The highest BCUT2D eigenvalue weighted by atomic mass is 35.7. The van der Waals surface area contributed by atoms with Gasteiger partial charge in [-0.3, -0.25) is 4.55 Å². The fraction of sp³-hybridized carbons (Fsp3) is 0.500. The predicted octanol–water partition coefficient (Wildman–Crippen LogP) is 1.25. The molecule has 1 heterocycles. The Balaban J connectivity index is 0.000000597. The quantitative estimate of drug-likeness (QED) is 0.404. The van der Waals surface area contributed by atoms with E-state index in [4.69, 9.17) is 18.7 Å². The van der Waals surface area contributed by atoms with Gasteiger partial charge >= 0.3 is 15.5 Å². The number of hydrogen-bond donors (Lipinski definition) is 2. The molecule has 1 saturated heterocycles. The lowest BCUT2D eigenvalue weighted by Gasteiger charge is -2.31. The highest BCUT2D eigenvalue weighted by molar-refractivity contribution is 8.09. The lowest BCUT2D eigenvalue weighted by molar-refractivity contribution is -0.137. The summed E-state index contributed by atoms with van der Waals surface area (Å²) in [6.07, 6.45) is -4.68. The Labute approximate surface area is 153 Å². The van der Waals surface area contributed by atoms with Crippen LogP contribution in [0, 0.1) is 0 Å². The van der Waals surface area contributed by atoms with Crippen molar-refractivity contribution in [2.45, 2.75) is 11.1 Å². The Morgan fingerprint density at radius 1 is 1.12 bits per heavy atom. The van der Waals surface area contributed by atoms with Crippen LogP contribution >= 0.6 is 10.7 Å². The fourth-order valence-corrected chi connectivity index (χ4v) is 3.57. The molecular weight excluding hydrogens is 423 g/mol. The van der Waals surface area contributed by atoms with Crippen LogP contribution in [0.15, 0.2) is 23.1 Å². The van der Waals surface area contributed by atoms with Gasteiger partial charge in [0.05, 0.1) is 10.5 Å². The number of alkyl halides is 3. The molecule has 0 spiro atoms. The van der Waals surface area contributed by atoms with Crippen molar-refractivity contribution in [3.05, 3.63) is 23.8 Å². The van der Waals surface area contributed by atoms with E-state index in [-0.39, 0.29) is 18.0 Å². The number of rotatable bonds is 2. The summed E-state index contributed by atoms with van der Waals surface area (Å²) >= 11 is 0. The van der Waals surface area contributed by atoms with Crippen molar-refractivity contribution in [2.24, 2.45) is 0 Å². The van der Waals surface area contributed by atoms with Crippen LogP contribution in [-0.4, -0.2) is 63.8 Å². The highest BCUT2D eigenvalue weighted by Crippen LogP contribution is 2.35. The summed E-state index contributed by atoms with van der Waals surface area (Å²) in [6.45, 7) is 1.59. The van der Waals surface area contributed by atoms with Crippen molar-refractivity contribution in [3.8, 4) is 0 Å². The van der Waals surface area contributed by atoms with Gasteiger partial charge < -0.3 is 10.6 Å². The largest absolute Gasteiger partial charge is 0.418 e. The number of likely N-dealkylation sites (N-methyl/N-ethyl adjacent to an activating group) is 1. The molecular formula is C12H17ClF3N3O5S2. The summed E-state index contributed by atoms with van der Waals surface area (Å²) in [5.74, 6) is 0. The zero-order valence-electron chi connectivity index (χ0n) is 13.4. The summed E-state index contributed by atoms with van der Waals surface area (Å²) < 4.78 is 89.6. The Hall–Kier alpha value is -1.12. The van der Waals surface area contributed by atoms with Crippen molar-refractivity contribution in [1.29, 1.82) is 0 Å². The van der Waals surface area contributed by atoms with E-state index in [1.165, 1.54) is 4.31 Å². The molecule has 14 heteroatoms. The van der Waals surface area contributed by atoms with Gasteiger partial charge in [0.25, 0.3) is 0 Å². The Morgan fingerprint density at radius 2 is 1.58 bits per heavy atom. The van der Waals surface area contributed by atoms with E-state index in [0.717, 1.165) is 12.1 Å².